The zero-order chi connectivity index (χ0) is 14.5. The lowest BCUT2D eigenvalue weighted by molar-refractivity contribution is -0.127. The fourth-order valence-corrected chi connectivity index (χ4v) is 1.82. The standard InChI is InChI=1S/C12H13BrF3NO2/c1-19-10-2-3-11(13)8(5-10)4-9(18)6-17-7-12(14,15)16/h2-3,5,17H,4,6-7H2,1H3. The summed E-state index contributed by atoms with van der Waals surface area (Å²) in [4.78, 5) is 11.6. The van der Waals surface area contributed by atoms with Gasteiger partial charge in [-0.05, 0) is 23.8 Å². The Balaban J connectivity index is 2.52. The number of hydrogen-bond donors (Lipinski definition) is 1. The minimum absolute atomic E-state index is 0.0443. The van der Waals surface area contributed by atoms with Crippen molar-refractivity contribution in [3.8, 4) is 5.75 Å². The number of carbonyl (C=O) groups is 1. The molecule has 0 aliphatic heterocycles. The molecule has 0 aromatic heterocycles. The smallest absolute Gasteiger partial charge is 0.401 e. The summed E-state index contributed by atoms with van der Waals surface area (Å²) in [6, 6.07) is 5.12. The molecule has 0 saturated heterocycles. The van der Waals surface area contributed by atoms with Crippen LogP contribution >= 0.6 is 15.9 Å². The summed E-state index contributed by atoms with van der Waals surface area (Å²) >= 11 is 3.28. The first kappa shape index (κ1) is 16.0. The maximum atomic E-state index is 11.9. The van der Waals surface area contributed by atoms with E-state index in [0.717, 1.165) is 4.47 Å². The molecule has 1 aromatic rings. The highest BCUT2D eigenvalue weighted by molar-refractivity contribution is 9.10. The minimum Gasteiger partial charge on any atom is -0.497 e. The SMILES string of the molecule is COc1ccc(Br)c(CC(=O)CNCC(F)(F)F)c1. The molecule has 0 fully saturated rings. The van der Waals surface area contributed by atoms with E-state index in [0.29, 0.717) is 11.3 Å². The van der Waals surface area contributed by atoms with Gasteiger partial charge in [0.25, 0.3) is 0 Å². The van der Waals surface area contributed by atoms with Gasteiger partial charge in [-0.1, -0.05) is 15.9 Å². The molecule has 7 heteroatoms. The highest BCUT2D eigenvalue weighted by atomic mass is 79.9. The van der Waals surface area contributed by atoms with Gasteiger partial charge in [0.1, 0.15) is 5.75 Å². The zero-order valence-corrected chi connectivity index (χ0v) is 11.8. The molecule has 0 heterocycles. The van der Waals surface area contributed by atoms with Crippen LogP contribution < -0.4 is 10.1 Å². The van der Waals surface area contributed by atoms with E-state index in [-0.39, 0.29) is 18.7 Å². The molecule has 0 atom stereocenters. The Labute approximate surface area is 117 Å². The van der Waals surface area contributed by atoms with Crippen LogP contribution in [0.15, 0.2) is 22.7 Å². The number of methoxy groups -OCH3 is 1. The van der Waals surface area contributed by atoms with Crippen LogP contribution in [0.4, 0.5) is 13.2 Å². The number of nitrogens with one attached hydrogen (secondary N) is 1. The monoisotopic (exact) mass is 339 g/mol. The van der Waals surface area contributed by atoms with Gasteiger partial charge in [-0.15, -0.1) is 0 Å². The Morgan fingerprint density at radius 3 is 2.68 bits per heavy atom. The van der Waals surface area contributed by atoms with Crippen LogP contribution in [0, 0.1) is 0 Å². The van der Waals surface area contributed by atoms with Crippen LogP contribution in [0.1, 0.15) is 5.56 Å². The van der Waals surface area contributed by atoms with E-state index in [4.69, 9.17) is 4.74 Å². The van der Waals surface area contributed by atoms with E-state index < -0.39 is 12.7 Å². The second-order valence-electron chi connectivity index (χ2n) is 3.89. The Bertz CT molecular complexity index is 449. The summed E-state index contributed by atoms with van der Waals surface area (Å²) in [7, 11) is 1.50. The van der Waals surface area contributed by atoms with Gasteiger partial charge in [0.05, 0.1) is 20.2 Å². The molecule has 0 amide bonds. The molecule has 1 N–H and O–H groups in total. The summed E-state index contributed by atoms with van der Waals surface area (Å²) in [6.45, 7) is -1.48. The molecule has 19 heavy (non-hydrogen) atoms. The van der Waals surface area contributed by atoms with Crippen molar-refractivity contribution in [2.24, 2.45) is 0 Å². The number of benzene rings is 1. The molecular weight excluding hydrogens is 327 g/mol. The van der Waals surface area contributed by atoms with E-state index in [9.17, 15) is 18.0 Å². The van der Waals surface area contributed by atoms with Crippen molar-refractivity contribution in [3.63, 3.8) is 0 Å². The van der Waals surface area contributed by atoms with E-state index in [1.807, 2.05) is 0 Å². The number of hydrogen-bond acceptors (Lipinski definition) is 3. The van der Waals surface area contributed by atoms with Crippen molar-refractivity contribution in [3.05, 3.63) is 28.2 Å². The third-order valence-electron chi connectivity index (χ3n) is 2.29. The lowest BCUT2D eigenvalue weighted by atomic mass is 10.1. The second kappa shape index (κ2) is 6.91. The molecule has 0 spiro atoms. The number of ketones is 1. The number of halogens is 4. The average molecular weight is 340 g/mol. The molecular formula is C12H13BrF3NO2. The third kappa shape index (κ3) is 6.07. The molecule has 0 aliphatic rings. The van der Waals surface area contributed by atoms with Gasteiger partial charge < -0.3 is 10.1 Å². The van der Waals surface area contributed by atoms with Crippen LogP contribution in [-0.4, -0.2) is 32.2 Å². The topological polar surface area (TPSA) is 38.3 Å². The van der Waals surface area contributed by atoms with E-state index >= 15 is 0 Å². The molecule has 0 bridgehead atoms. The maximum absolute atomic E-state index is 11.9. The van der Waals surface area contributed by atoms with Crippen molar-refractivity contribution in [2.75, 3.05) is 20.2 Å². The fraction of sp³-hybridized carbons (Fsp3) is 0.417. The van der Waals surface area contributed by atoms with Gasteiger partial charge >= 0.3 is 6.18 Å². The lowest BCUT2D eigenvalue weighted by Gasteiger charge is -2.09. The Morgan fingerprint density at radius 1 is 1.42 bits per heavy atom. The third-order valence-corrected chi connectivity index (χ3v) is 3.06. The first-order valence-corrected chi connectivity index (χ1v) is 6.22. The minimum atomic E-state index is -4.31. The predicted molar refractivity (Wildman–Crippen MR) is 68.3 cm³/mol. The van der Waals surface area contributed by atoms with Gasteiger partial charge in [-0.3, -0.25) is 4.79 Å². The predicted octanol–water partition coefficient (Wildman–Crippen LogP) is 2.72. The number of carbonyl (C=O) groups excluding carboxylic acids is 1. The maximum Gasteiger partial charge on any atom is 0.401 e. The van der Waals surface area contributed by atoms with Gasteiger partial charge in [-0.2, -0.15) is 13.2 Å². The van der Waals surface area contributed by atoms with Crippen molar-refractivity contribution in [2.45, 2.75) is 12.6 Å². The van der Waals surface area contributed by atoms with E-state index in [1.54, 1.807) is 18.2 Å². The normalized spacial score (nSPS) is 11.4. The zero-order valence-electron chi connectivity index (χ0n) is 10.2. The molecule has 1 rings (SSSR count). The number of Topliss-reactive ketones (excluding diaryl/α,β-unsaturated/α-hetero) is 1. The molecule has 106 valence electrons. The van der Waals surface area contributed by atoms with E-state index in [2.05, 4.69) is 21.2 Å². The van der Waals surface area contributed by atoms with Gasteiger partial charge in [0.2, 0.25) is 0 Å². The number of ether oxygens (including phenoxy) is 1. The first-order valence-electron chi connectivity index (χ1n) is 5.43. The molecule has 0 saturated carbocycles. The van der Waals surface area contributed by atoms with Crippen LogP contribution in [0.25, 0.3) is 0 Å². The van der Waals surface area contributed by atoms with Crippen LogP contribution in [0.5, 0.6) is 5.75 Å². The summed E-state index contributed by atoms with van der Waals surface area (Å²) in [6.07, 6.45) is -4.26. The highest BCUT2D eigenvalue weighted by Gasteiger charge is 2.26. The second-order valence-corrected chi connectivity index (χ2v) is 4.75. The lowest BCUT2D eigenvalue weighted by Crippen LogP contribution is -2.33. The molecule has 3 nitrogen and oxygen atoms in total. The molecule has 1 aromatic carbocycles. The molecule has 0 radical (unpaired) electrons. The molecule has 0 aliphatic carbocycles. The Hall–Kier alpha value is -1.08. The van der Waals surface area contributed by atoms with Gasteiger partial charge in [0.15, 0.2) is 5.78 Å². The summed E-state index contributed by atoms with van der Waals surface area (Å²) in [5.74, 6) is 0.271. The summed E-state index contributed by atoms with van der Waals surface area (Å²) in [5.41, 5.74) is 0.679. The summed E-state index contributed by atoms with van der Waals surface area (Å²) < 4.78 is 41.4. The van der Waals surface area contributed by atoms with Crippen molar-refractivity contribution < 1.29 is 22.7 Å². The first-order chi connectivity index (χ1) is 8.81. The quantitative estimate of drug-likeness (QED) is 0.866. The van der Waals surface area contributed by atoms with Crippen LogP contribution in [0.3, 0.4) is 0 Å². The van der Waals surface area contributed by atoms with Crippen LogP contribution in [-0.2, 0) is 11.2 Å². The van der Waals surface area contributed by atoms with Crippen LogP contribution in [0.2, 0.25) is 0 Å². The van der Waals surface area contributed by atoms with Gasteiger partial charge in [-0.25, -0.2) is 0 Å². The number of rotatable bonds is 6. The number of alkyl halides is 3. The Kier molecular flexibility index (Phi) is 5.81. The van der Waals surface area contributed by atoms with E-state index in [1.165, 1.54) is 7.11 Å². The van der Waals surface area contributed by atoms with Gasteiger partial charge in [0, 0.05) is 10.9 Å². The average Bonchev–Trinajstić information content (AvgIpc) is 2.30. The van der Waals surface area contributed by atoms with Crippen molar-refractivity contribution in [1.82, 2.24) is 5.32 Å². The Morgan fingerprint density at radius 2 is 2.11 bits per heavy atom. The van der Waals surface area contributed by atoms with Crippen molar-refractivity contribution in [1.29, 1.82) is 0 Å². The summed E-state index contributed by atoms with van der Waals surface area (Å²) in [5, 5.41) is 2.07. The molecule has 0 unspecified atom stereocenters. The fourth-order valence-electron chi connectivity index (χ4n) is 1.43. The van der Waals surface area contributed by atoms with Crippen molar-refractivity contribution >= 4 is 21.7 Å². The highest BCUT2D eigenvalue weighted by Crippen LogP contribution is 2.23. The largest absolute Gasteiger partial charge is 0.497 e.